The van der Waals surface area contributed by atoms with Crippen molar-refractivity contribution in [3.63, 3.8) is 0 Å². The van der Waals surface area contributed by atoms with Crippen LogP contribution < -0.4 is 14.2 Å². The van der Waals surface area contributed by atoms with Crippen LogP contribution in [0.1, 0.15) is 6.42 Å². The Labute approximate surface area is 129 Å². The molecule has 1 aromatic carbocycles. The summed E-state index contributed by atoms with van der Waals surface area (Å²) in [5.41, 5.74) is 0. The zero-order chi connectivity index (χ0) is 16.9. The number of carbonyl (C=O) groups is 1. The van der Waals surface area contributed by atoms with Crippen molar-refractivity contribution in [3.8, 4) is 17.2 Å². The number of rotatable bonds is 8. The van der Waals surface area contributed by atoms with Gasteiger partial charge < -0.3 is 19.3 Å². The van der Waals surface area contributed by atoms with E-state index in [1.165, 1.54) is 40.5 Å². The van der Waals surface area contributed by atoms with E-state index in [4.69, 9.17) is 19.3 Å². The van der Waals surface area contributed by atoms with E-state index in [9.17, 15) is 13.2 Å². The number of carboxylic acids is 1. The Kier molecular flexibility index (Phi) is 6.01. The molecule has 0 heterocycles. The van der Waals surface area contributed by atoms with Crippen LogP contribution in [0.5, 0.6) is 17.2 Å². The minimum absolute atomic E-state index is 0.0541. The van der Waals surface area contributed by atoms with E-state index in [1.54, 1.807) is 0 Å². The number of hydrogen-bond donors (Lipinski definition) is 1. The summed E-state index contributed by atoms with van der Waals surface area (Å²) >= 11 is 0. The van der Waals surface area contributed by atoms with Gasteiger partial charge in [0.05, 0.1) is 27.8 Å². The van der Waals surface area contributed by atoms with Crippen LogP contribution in [0.3, 0.4) is 0 Å². The molecular weight excluding hydrogens is 314 g/mol. The summed E-state index contributed by atoms with van der Waals surface area (Å²) in [4.78, 5) is 10.4. The van der Waals surface area contributed by atoms with Crippen LogP contribution in [0.25, 0.3) is 0 Å². The lowest BCUT2D eigenvalue weighted by Crippen LogP contribution is -2.30. The quantitative estimate of drug-likeness (QED) is 0.751. The Morgan fingerprint density at radius 3 is 2.00 bits per heavy atom. The molecule has 1 rings (SSSR count). The van der Waals surface area contributed by atoms with E-state index in [1.807, 2.05) is 0 Å². The van der Waals surface area contributed by atoms with Crippen molar-refractivity contribution in [2.45, 2.75) is 11.3 Å². The molecular formula is C13H19NO7S. The highest BCUT2D eigenvalue weighted by molar-refractivity contribution is 7.89. The van der Waals surface area contributed by atoms with Crippen LogP contribution >= 0.6 is 0 Å². The van der Waals surface area contributed by atoms with Gasteiger partial charge in [0.1, 0.15) is 17.2 Å². The van der Waals surface area contributed by atoms with Gasteiger partial charge in [0, 0.05) is 25.7 Å². The molecule has 0 aliphatic rings. The molecule has 0 aromatic heterocycles. The molecule has 0 atom stereocenters. The van der Waals surface area contributed by atoms with Crippen molar-refractivity contribution in [2.75, 3.05) is 34.9 Å². The van der Waals surface area contributed by atoms with Crippen molar-refractivity contribution >= 4 is 16.0 Å². The van der Waals surface area contributed by atoms with Gasteiger partial charge in [0.25, 0.3) is 0 Å². The minimum Gasteiger partial charge on any atom is -0.496 e. The number of sulfonamides is 1. The molecule has 9 heteroatoms. The number of nitrogens with zero attached hydrogens (tertiary/aromatic N) is 1. The average Bonchev–Trinajstić information content (AvgIpc) is 2.50. The number of hydrogen-bond acceptors (Lipinski definition) is 6. The van der Waals surface area contributed by atoms with Crippen molar-refractivity contribution in [3.05, 3.63) is 12.1 Å². The van der Waals surface area contributed by atoms with Crippen molar-refractivity contribution in [2.24, 2.45) is 0 Å². The Morgan fingerprint density at radius 2 is 1.64 bits per heavy atom. The van der Waals surface area contributed by atoms with E-state index in [0.717, 1.165) is 4.31 Å². The molecule has 0 aliphatic heterocycles. The first-order valence-corrected chi connectivity index (χ1v) is 7.70. The molecule has 0 saturated carbocycles. The van der Waals surface area contributed by atoms with Gasteiger partial charge in [-0.2, -0.15) is 0 Å². The summed E-state index contributed by atoms with van der Waals surface area (Å²) in [6.07, 6.45) is -0.309. The molecule has 0 radical (unpaired) electrons. The summed E-state index contributed by atoms with van der Waals surface area (Å²) in [5, 5.41) is 8.68. The van der Waals surface area contributed by atoms with Crippen molar-refractivity contribution in [1.82, 2.24) is 4.31 Å². The maximum Gasteiger partial charge on any atom is 0.304 e. The SMILES string of the molecule is COc1cc(OC)c(S(=O)(=O)N(C)CCC(=O)O)c(OC)c1. The van der Waals surface area contributed by atoms with E-state index in [0.29, 0.717) is 5.75 Å². The predicted molar refractivity (Wildman–Crippen MR) is 78.2 cm³/mol. The topological polar surface area (TPSA) is 102 Å². The summed E-state index contributed by atoms with van der Waals surface area (Å²) < 4.78 is 41.5. The van der Waals surface area contributed by atoms with E-state index in [-0.39, 0.29) is 29.4 Å². The highest BCUT2D eigenvalue weighted by atomic mass is 32.2. The van der Waals surface area contributed by atoms with Gasteiger partial charge in [-0.15, -0.1) is 0 Å². The molecule has 0 saturated heterocycles. The number of carboxylic acid groups (broad SMARTS) is 1. The van der Waals surface area contributed by atoms with Crippen LogP contribution in [0.15, 0.2) is 17.0 Å². The summed E-state index contributed by atoms with van der Waals surface area (Å²) in [7, 11) is 1.39. The molecule has 0 aliphatic carbocycles. The van der Waals surface area contributed by atoms with Gasteiger partial charge in [-0.1, -0.05) is 0 Å². The fourth-order valence-corrected chi connectivity index (χ4v) is 3.19. The van der Waals surface area contributed by atoms with Crippen LogP contribution in [0.2, 0.25) is 0 Å². The molecule has 0 fully saturated rings. The van der Waals surface area contributed by atoms with Gasteiger partial charge in [-0.05, 0) is 0 Å². The standard InChI is InChI=1S/C13H19NO7S/c1-14(6-5-12(15)16)22(17,18)13-10(20-3)7-9(19-2)8-11(13)21-4/h7-8H,5-6H2,1-4H3,(H,15,16). The van der Waals surface area contributed by atoms with Gasteiger partial charge in [-0.25, -0.2) is 12.7 Å². The Morgan fingerprint density at radius 1 is 1.14 bits per heavy atom. The van der Waals surface area contributed by atoms with Crippen molar-refractivity contribution < 1.29 is 32.5 Å². The van der Waals surface area contributed by atoms with Crippen LogP contribution in [-0.2, 0) is 14.8 Å². The lowest BCUT2D eigenvalue weighted by molar-refractivity contribution is -0.137. The first-order chi connectivity index (χ1) is 10.3. The van der Waals surface area contributed by atoms with Gasteiger partial charge in [0.15, 0.2) is 4.90 Å². The molecule has 0 amide bonds. The number of methoxy groups -OCH3 is 3. The van der Waals surface area contributed by atoms with Crippen LogP contribution in [-0.4, -0.2) is 58.7 Å². The molecule has 1 N–H and O–H groups in total. The lowest BCUT2D eigenvalue weighted by Gasteiger charge is -2.20. The van der Waals surface area contributed by atoms with E-state index in [2.05, 4.69) is 0 Å². The number of aliphatic carboxylic acids is 1. The highest BCUT2D eigenvalue weighted by Crippen LogP contribution is 2.38. The molecule has 8 nitrogen and oxygen atoms in total. The first kappa shape index (κ1) is 18.1. The normalized spacial score (nSPS) is 11.3. The lowest BCUT2D eigenvalue weighted by atomic mass is 10.3. The zero-order valence-corrected chi connectivity index (χ0v) is 13.6. The largest absolute Gasteiger partial charge is 0.496 e. The second kappa shape index (κ2) is 7.32. The van der Waals surface area contributed by atoms with Gasteiger partial charge in [0.2, 0.25) is 10.0 Å². The van der Waals surface area contributed by atoms with Gasteiger partial charge >= 0.3 is 5.97 Å². The molecule has 22 heavy (non-hydrogen) atoms. The Bertz CT molecular complexity index is 617. The molecule has 1 aromatic rings. The second-order valence-electron chi connectivity index (χ2n) is 4.33. The summed E-state index contributed by atoms with van der Waals surface area (Å²) in [5.74, 6) is -0.603. The number of ether oxygens (including phenoxy) is 3. The fraction of sp³-hybridized carbons (Fsp3) is 0.462. The van der Waals surface area contributed by atoms with E-state index >= 15 is 0 Å². The Hall–Kier alpha value is -2.00. The first-order valence-electron chi connectivity index (χ1n) is 6.26. The number of benzene rings is 1. The minimum atomic E-state index is -3.98. The monoisotopic (exact) mass is 333 g/mol. The predicted octanol–water partition coefficient (Wildman–Crippen LogP) is 0.808. The molecule has 0 spiro atoms. The van der Waals surface area contributed by atoms with Crippen molar-refractivity contribution in [1.29, 1.82) is 0 Å². The van der Waals surface area contributed by atoms with E-state index < -0.39 is 16.0 Å². The third-order valence-corrected chi connectivity index (χ3v) is 4.90. The Balaban J connectivity index is 3.36. The summed E-state index contributed by atoms with van der Waals surface area (Å²) in [6, 6.07) is 2.83. The zero-order valence-electron chi connectivity index (χ0n) is 12.8. The summed E-state index contributed by atoms with van der Waals surface area (Å²) in [6.45, 7) is -0.171. The smallest absolute Gasteiger partial charge is 0.304 e. The third-order valence-electron chi connectivity index (χ3n) is 2.98. The molecule has 0 unspecified atom stereocenters. The molecule has 0 bridgehead atoms. The fourth-order valence-electron chi connectivity index (χ4n) is 1.76. The highest BCUT2D eigenvalue weighted by Gasteiger charge is 2.30. The van der Waals surface area contributed by atoms with Crippen LogP contribution in [0, 0.1) is 0 Å². The maximum atomic E-state index is 12.6. The average molecular weight is 333 g/mol. The van der Waals surface area contributed by atoms with Gasteiger partial charge in [-0.3, -0.25) is 4.79 Å². The second-order valence-corrected chi connectivity index (χ2v) is 6.31. The van der Waals surface area contributed by atoms with Crippen LogP contribution in [0.4, 0.5) is 0 Å². The third kappa shape index (κ3) is 3.80. The molecule has 124 valence electrons. The maximum absolute atomic E-state index is 12.6.